The molecule has 302 valence electrons. The van der Waals surface area contributed by atoms with Crippen LogP contribution in [0.1, 0.15) is 180 Å². The standard InChI is InChI=1S/C21H39N3S2.C19H35N3S2.CH3I/c1-25-20(23-18-12-6-3-7-13-18)16-10-5-11-17-22-21(26-2)24-19-14-8-4-9-15-19;23-18(21-16-10-4-1-5-11-16)14-8-3-9-15-20-19(24)22-17-12-6-2-7-13-17;1-2/h18-19H,3-17H2,1-2H3,(H,22,24);16-17H,1-15H2,(H,21,23)(H2,20,22,24);1H3. The summed E-state index contributed by atoms with van der Waals surface area (Å²) in [7, 11) is 0. The summed E-state index contributed by atoms with van der Waals surface area (Å²) in [5.41, 5.74) is 0. The molecule has 4 rings (SSSR count). The van der Waals surface area contributed by atoms with Crippen molar-refractivity contribution in [2.75, 3.05) is 30.5 Å². The fourth-order valence-corrected chi connectivity index (χ4v) is 9.48. The first kappa shape index (κ1) is 48.3. The molecule has 0 aliphatic heterocycles. The van der Waals surface area contributed by atoms with Crippen LogP contribution in [0.2, 0.25) is 0 Å². The quantitative estimate of drug-likeness (QED) is 0.0305. The Kier molecular flexibility index (Phi) is 30.9. The summed E-state index contributed by atoms with van der Waals surface area (Å²) in [6.45, 7) is 1.94. The van der Waals surface area contributed by atoms with Gasteiger partial charge in [-0.25, -0.2) is 0 Å². The zero-order valence-electron chi connectivity index (χ0n) is 33.4. The van der Waals surface area contributed by atoms with Gasteiger partial charge in [0.1, 0.15) is 0 Å². The first-order valence-corrected chi connectivity index (χ1v) is 26.6. The molecule has 0 saturated heterocycles. The number of nitrogens with one attached hydrogen (secondary N) is 4. The van der Waals surface area contributed by atoms with Crippen LogP contribution < -0.4 is 21.3 Å². The zero-order valence-corrected chi connectivity index (χ0v) is 38.9. The van der Waals surface area contributed by atoms with Gasteiger partial charge in [-0.2, -0.15) is 0 Å². The SMILES string of the molecule is CI.CSC(CCCCCN=C(NC1CCCCC1)SC)=NC1CCCCC1.S=C(CCCCCNC(=S)NC1CCCCC1)NC1CCCCC1. The van der Waals surface area contributed by atoms with Crippen molar-refractivity contribution in [2.24, 2.45) is 9.98 Å². The molecule has 0 aromatic rings. The van der Waals surface area contributed by atoms with Crippen LogP contribution in [0, 0.1) is 0 Å². The molecule has 0 heterocycles. The lowest BCUT2D eigenvalue weighted by Gasteiger charge is -2.24. The number of amidine groups is 1. The average molecular weight is 909 g/mol. The molecule has 4 fully saturated rings. The number of nitrogens with zero attached hydrogens (tertiary/aromatic N) is 2. The molecular weight excluding hydrogens is 832 g/mol. The van der Waals surface area contributed by atoms with Crippen molar-refractivity contribution >= 4 is 90.9 Å². The van der Waals surface area contributed by atoms with Gasteiger partial charge in [0.15, 0.2) is 10.3 Å². The van der Waals surface area contributed by atoms with Crippen molar-refractivity contribution < 1.29 is 0 Å². The van der Waals surface area contributed by atoms with Crippen molar-refractivity contribution in [1.82, 2.24) is 21.3 Å². The summed E-state index contributed by atoms with van der Waals surface area (Å²) in [6.07, 6.45) is 40.7. The molecule has 11 heteroatoms. The Labute approximate surface area is 354 Å². The van der Waals surface area contributed by atoms with E-state index in [1.807, 2.05) is 16.7 Å². The molecule has 0 amide bonds. The Morgan fingerprint density at radius 1 is 0.577 bits per heavy atom. The molecule has 4 aliphatic carbocycles. The number of hydrogen-bond acceptors (Lipinski definition) is 6. The van der Waals surface area contributed by atoms with Crippen molar-refractivity contribution in [3.63, 3.8) is 0 Å². The average Bonchev–Trinajstić information content (AvgIpc) is 3.19. The van der Waals surface area contributed by atoms with Gasteiger partial charge in [0, 0.05) is 31.2 Å². The minimum absolute atomic E-state index is 0.599. The van der Waals surface area contributed by atoms with Crippen molar-refractivity contribution in [1.29, 1.82) is 0 Å². The molecule has 0 unspecified atom stereocenters. The van der Waals surface area contributed by atoms with Crippen LogP contribution in [0.4, 0.5) is 0 Å². The third-order valence-electron chi connectivity index (χ3n) is 10.8. The molecule has 0 aromatic carbocycles. The highest BCUT2D eigenvalue weighted by Crippen LogP contribution is 2.23. The summed E-state index contributed by atoms with van der Waals surface area (Å²) in [5.74, 6) is 0. The third kappa shape index (κ3) is 24.6. The summed E-state index contributed by atoms with van der Waals surface area (Å²) in [5, 5.41) is 17.4. The van der Waals surface area contributed by atoms with E-state index in [-0.39, 0.29) is 0 Å². The second-order valence-corrected chi connectivity index (χ2v) is 17.7. The van der Waals surface area contributed by atoms with Crippen LogP contribution in [-0.2, 0) is 0 Å². The van der Waals surface area contributed by atoms with Crippen molar-refractivity contribution in [3.8, 4) is 0 Å². The predicted molar refractivity (Wildman–Crippen MR) is 254 cm³/mol. The lowest BCUT2D eigenvalue weighted by atomic mass is 9.95. The van der Waals surface area contributed by atoms with Crippen molar-refractivity contribution in [2.45, 2.75) is 204 Å². The van der Waals surface area contributed by atoms with Crippen LogP contribution in [0.5, 0.6) is 0 Å². The third-order valence-corrected chi connectivity index (χ3v) is 12.8. The number of thiocarbonyl (C=S) groups is 2. The predicted octanol–water partition coefficient (Wildman–Crippen LogP) is 11.9. The molecular formula is C41H77IN6S4. The highest BCUT2D eigenvalue weighted by Gasteiger charge is 2.16. The highest BCUT2D eigenvalue weighted by atomic mass is 127. The number of unbranched alkanes of at least 4 members (excludes halogenated alkanes) is 4. The first-order chi connectivity index (χ1) is 25.6. The number of alkyl halides is 1. The van der Waals surface area contributed by atoms with Gasteiger partial charge in [0.2, 0.25) is 0 Å². The van der Waals surface area contributed by atoms with Gasteiger partial charge in [0.25, 0.3) is 0 Å². The lowest BCUT2D eigenvalue weighted by Crippen LogP contribution is -2.42. The van der Waals surface area contributed by atoms with Gasteiger partial charge >= 0.3 is 0 Å². The molecule has 0 aromatic heterocycles. The van der Waals surface area contributed by atoms with Crippen LogP contribution >= 0.6 is 70.6 Å². The fraction of sp³-hybridized carbons (Fsp3) is 0.902. The van der Waals surface area contributed by atoms with Crippen LogP contribution in [0.15, 0.2) is 9.98 Å². The summed E-state index contributed by atoms with van der Waals surface area (Å²) >= 11 is 16.7. The van der Waals surface area contributed by atoms with E-state index in [9.17, 15) is 0 Å². The number of thioether (sulfide) groups is 2. The number of aliphatic imine (C=N–C) groups is 2. The van der Waals surface area contributed by atoms with Gasteiger partial charge in [-0.1, -0.05) is 136 Å². The van der Waals surface area contributed by atoms with Crippen molar-refractivity contribution in [3.05, 3.63) is 0 Å². The maximum atomic E-state index is 5.49. The Balaban J connectivity index is 0.000000345. The van der Waals surface area contributed by atoms with Crippen LogP contribution in [0.3, 0.4) is 0 Å². The molecule has 6 nitrogen and oxygen atoms in total. The molecule has 52 heavy (non-hydrogen) atoms. The molecule has 4 aliphatic rings. The van der Waals surface area contributed by atoms with Gasteiger partial charge in [0.05, 0.1) is 16.1 Å². The molecule has 4 saturated carbocycles. The Bertz CT molecular complexity index is 923. The van der Waals surface area contributed by atoms with E-state index in [1.54, 1.807) is 11.8 Å². The second-order valence-electron chi connectivity index (χ2n) is 15.1. The van der Waals surface area contributed by atoms with Gasteiger partial charge in [-0.3, -0.25) is 9.98 Å². The Hall–Kier alpha value is 0.150. The summed E-state index contributed by atoms with van der Waals surface area (Å²) < 4.78 is 0. The van der Waals surface area contributed by atoms with E-state index in [0.29, 0.717) is 24.2 Å². The summed E-state index contributed by atoms with van der Waals surface area (Å²) in [6, 6.07) is 2.53. The van der Waals surface area contributed by atoms with E-state index >= 15 is 0 Å². The fourth-order valence-electron chi connectivity index (χ4n) is 7.79. The van der Waals surface area contributed by atoms with E-state index in [1.165, 1.54) is 172 Å². The maximum absolute atomic E-state index is 5.49. The van der Waals surface area contributed by atoms with Gasteiger partial charge in [-0.05, 0) is 120 Å². The number of hydrogen-bond donors (Lipinski definition) is 4. The van der Waals surface area contributed by atoms with Crippen LogP contribution in [-0.4, -0.2) is 75.0 Å². The monoisotopic (exact) mass is 908 g/mol. The second kappa shape index (κ2) is 33.3. The maximum Gasteiger partial charge on any atom is 0.166 e. The first-order valence-electron chi connectivity index (χ1n) is 21.2. The molecule has 0 spiro atoms. The lowest BCUT2D eigenvalue weighted by molar-refractivity contribution is 0.411. The molecule has 0 bridgehead atoms. The highest BCUT2D eigenvalue weighted by molar-refractivity contribution is 14.1. The summed E-state index contributed by atoms with van der Waals surface area (Å²) in [4.78, 5) is 12.9. The molecule has 0 radical (unpaired) electrons. The van der Waals surface area contributed by atoms with Gasteiger partial charge < -0.3 is 21.3 Å². The Morgan fingerprint density at radius 3 is 1.63 bits per heavy atom. The minimum Gasteiger partial charge on any atom is -0.377 e. The zero-order chi connectivity index (χ0) is 37.5. The Morgan fingerprint density at radius 2 is 1.08 bits per heavy atom. The normalized spacial score (nSPS) is 19.8. The van der Waals surface area contributed by atoms with E-state index in [2.05, 4.69) is 56.4 Å². The van der Waals surface area contributed by atoms with Crippen LogP contribution in [0.25, 0.3) is 0 Å². The van der Waals surface area contributed by atoms with Gasteiger partial charge in [-0.15, -0.1) is 11.8 Å². The largest absolute Gasteiger partial charge is 0.377 e. The topological polar surface area (TPSA) is 72.8 Å². The number of halogens is 1. The number of rotatable bonds is 16. The molecule has 0 atom stereocenters. The molecule has 4 N–H and O–H groups in total. The van der Waals surface area contributed by atoms with E-state index in [0.717, 1.165) is 41.2 Å². The van der Waals surface area contributed by atoms with E-state index < -0.39 is 0 Å². The smallest absolute Gasteiger partial charge is 0.166 e. The minimum atomic E-state index is 0.599. The van der Waals surface area contributed by atoms with E-state index in [4.69, 9.17) is 34.4 Å².